The van der Waals surface area contributed by atoms with Crippen molar-refractivity contribution in [1.29, 1.82) is 0 Å². The molecule has 0 spiro atoms. The van der Waals surface area contributed by atoms with Gasteiger partial charge < -0.3 is 19.6 Å². The Morgan fingerprint density at radius 3 is 0.886 bits per heavy atom. The molecular formula is C36H50N8. The van der Waals surface area contributed by atoms with Crippen LogP contribution in [0.3, 0.4) is 0 Å². The van der Waals surface area contributed by atoms with Gasteiger partial charge in [0.25, 0.3) is 0 Å². The van der Waals surface area contributed by atoms with Gasteiger partial charge in [-0.3, -0.25) is 19.9 Å². The van der Waals surface area contributed by atoms with Gasteiger partial charge in [0.05, 0.1) is 0 Å². The van der Waals surface area contributed by atoms with Crippen LogP contribution in [-0.2, 0) is 25.7 Å². The molecule has 234 valence electrons. The molecule has 4 aromatic heterocycles. The lowest BCUT2D eigenvalue weighted by Gasteiger charge is -2.28. The molecule has 0 unspecified atom stereocenters. The molecule has 0 N–H and O–H groups in total. The fraction of sp³-hybridized carbons (Fsp3) is 0.444. The second kappa shape index (κ2) is 19.7. The van der Waals surface area contributed by atoms with Crippen molar-refractivity contribution in [2.45, 2.75) is 25.7 Å². The first-order valence-electron chi connectivity index (χ1n) is 16.1. The number of nitrogens with zero attached hydrogens (tertiary/aromatic N) is 8. The highest BCUT2D eigenvalue weighted by atomic mass is 15.2. The number of aromatic nitrogens is 4. The van der Waals surface area contributed by atoms with Crippen molar-refractivity contribution >= 4 is 0 Å². The van der Waals surface area contributed by atoms with Crippen molar-refractivity contribution < 1.29 is 0 Å². The molecular weight excluding hydrogens is 544 g/mol. The highest BCUT2D eigenvalue weighted by Gasteiger charge is 2.12. The molecule has 8 nitrogen and oxygen atoms in total. The van der Waals surface area contributed by atoms with Crippen LogP contribution in [-0.4, -0.2) is 119 Å². The van der Waals surface area contributed by atoms with Gasteiger partial charge in [-0.1, -0.05) is 24.3 Å². The number of hydrogen-bond donors (Lipinski definition) is 0. The number of pyridine rings is 4. The Balaban J connectivity index is 1.19. The van der Waals surface area contributed by atoms with E-state index in [-0.39, 0.29) is 0 Å². The van der Waals surface area contributed by atoms with Crippen molar-refractivity contribution in [2.24, 2.45) is 0 Å². The summed E-state index contributed by atoms with van der Waals surface area (Å²) in [5, 5.41) is 0. The quantitative estimate of drug-likeness (QED) is 0.144. The molecule has 44 heavy (non-hydrogen) atoms. The maximum atomic E-state index is 4.53. The van der Waals surface area contributed by atoms with E-state index in [0.29, 0.717) is 0 Å². The van der Waals surface area contributed by atoms with Gasteiger partial charge in [0, 0.05) is 139 Å². The Kier molecular flexibility index (Phi) is 14.9. The predicted molar refractivity (Wildman–Crippen MR) is 180 cm³/mol. The SMILES string of the molecule is CN(CCN(C)CCN(CCc1ccccn1)CCc1ccccn1)CCN(CCc1ccccn1)CCc1ccccn1. The van der Waals surface area contributed by atoms with Gasteiger partial charge in [0.15, 0.2) is 0 Å². The third kappa shape index (κ3) is 13.4. The molecule has 0 radical (unpaired) electrons. The number of likely N-dealkylation sites (N-methyl/N-ethyl adjacent to an activating group) is 2. The fourth-order valence-corrected chi connectivity index (χ4v) is 5.13. The number of rotatable bonds is 21. The maximum absolute atomic E-state index is 4.53. The topological polar surface area (TPSA) is 64.5 Å². The van der Waals surface area contributed by atoms with Crippen LogP contribution in [0.1, 0.15) is 22.8 Å². The van der Waals surface area contributed by atoms with Gasteiger partial charge in [0.1, 0.15) is 0 Å². The van der Waals surface area contributed by atoms with E-state index >= 15 is 0 Å². The minimum atomic E-state index is 0.965. The molecule has 0 aliphatic rings. The van der Waals surface area contributed by atoms with E-state index in [9.17, 15) is 0 Å². The van der Waals surface area contributed by atoms with Gasteiger partial charge in [-0.25, -0.2) is 0 Å². The van der Waals surface area contributed by atoms with E-state index in [4.69, 9.17) is 0 Å². The van der Waals surface area contributed by atoms with E-state index in [2.05, 4.69) is 102 Å². The summed E-state index contributed by atoms with van der Waals surface area (Å²) in [5.41, 5.74) is 4.61. The molecule has 4 heterocycles. The Labute approximate surface area is 264 Å². The average molecular weight is 595 g/mol. The normalized spacial score (nSPS) is 11.7. The van der Waals surface area contributed by atoms with Crippen LogP contribution in [0.2, 0.25) is 0 Å². The summed E-state index contributed by atoms with van der Waals surface area (Å²) in [6.07, 6.45) is 11.4. The van der Waals surface area contributed by atoms with E-state index in [0.717, 1.165) is 114 Å². The van der Waals surface area contributed by atoms with Gasteiger partial charge >= 0.3 is 0 Å². The van der Waals surface area contributed by atoms with Gasteiger partial charge in [-0.15, -0.1) is 0 Å². The lowest BCUT2D eigenvalue weighted by atomic mass is 10.2. The van der Waals surface area contributed by atoms with Crippen LogP contribution >= 0.6 is 0 Å². The summed E-state index contributed by atoms with van der Waals surface area (Å²) < 4.78 is 0. The standard InChI is InChI=1S/C36H50N8/c1-41(29-31-43(23-15-33-11-3-7-19-37-33)24-16-34-12-4-8-20-38-34)27-28-42(2)30-32-44(25-17-35-13-5-9-21-39-35)26-18-36-14-6-10-22-40-36/h3-14,19-22H,15-18,23-32H2,1-2H3. The van der Waals surface area contributed by atoms with E-state index in [1.807, 2.05) is 49.1 Å². The zero-order valence-electron chi connectivity index (χ0n) is 26.7. The zero-order chi connectivity index (χ0) is 30.7. The zero-order valence-corrected chi connectivity index (χ0v) is 26.7. The predicted octanol–water partition coefficient (Wildman–Crippen LogP) is 4.00. The number of hydrogen-bond acceptors (Lipinski definition) is 8. The first kappa shape index (κ1) is 33.3. The van der Waals surface area contributed by atoms with Gasteiger partial charge in [0.2, 0.25) is 0 Å². The average Bonchev–Trinajstić information content (AvgIpc) is 3.08. The molecule has 0 saturated carbocycles. The monoisotopic (exact) mass is 594 g/mol. The first-order chi connectivity index (χ1) is 21.6. The second-order valence-electron chi connectivity index (χ2n) is 11.6. The summed E-state index contributed by atoms with van der Waals surface area (Å²) in [5.74, 6) is 0. The van der Waals surface area contributed by atoms with E-state index < -0.39 is 0 Å². The lowest BCUT2D eigenvalue weighted by molar-refractivity contribution is 0.193. The Hall–Kier alpha value is -3.56. The molecule has 0 atom stereocenters. The summed E-state index contributed by atoms with van der Waals surface area (Å²) in [4.78, 5) is 28.2. The molecule has 0 aromatic carbocycles. The largest absolute Gasteiger partial charge is 0.304 e. The van der Waals surface area contributed by atoms with Crippen molar-refractivity contribution in [1.82, 2.24) is 39.5 Å². The first-order valence-corrected chi connectivity index (χ1v) is 16.1. The summed E-state index contributed by atoms with van der Waals surface area (Å²) in [6.45, 7) is 10.3. The second-order valence-corrected chi connectivity index (χ2v) is 11.6. The molecule has 0 aliphatic heterocycles. The Bertz CT molecular complexity index is 1070. The summed E-state index contributed by atoms with van der Waals surface area (Å²) in [7, 11) is 4.49. The highest BCUT2D eigenvalue weighted by molar-refractivity contribution is 5.07. The minimum absolute atomic E-state index is 0.965. The van der Waals surface area contributed by atoms with Crippen LogP contribution in [0.4, 0.5) is 0 Å². The van der Waals surface area contributed by atoms with Gasteiger partial charge in [-0.05, 0) is 62.6 Å². The van der Waals surface area contributed by atoms with Crippen molar-refractivity contribution in [3.05, 3.63) is 120 Å². The van der Waals surface area contributed by atoms with Crippen LogP contribution in [0, 0.1) is 0 Å². The molecule has 0 saturated heterocycles. The van der Waals surface area contributed by atoms with E-state index in [1.54, 1.807) is 0 Å². The lowest BCUT2D eigenvalue weighted by Crippen LogP contribution is -2.40. The molecule has 4 aromatic rings. The highest BCUT2D eigenvalue weighted by Crippen LogP contribution is 2.04. The fourth-order valence-electron chi connectivity index (χ4n) is 5.13. The minimum Gasteiger partial charge on any atom is -0.304 e. The molecule has 0 aliphatic carbocycles. The molecule has 0 fully saturated rings. The summed E-state index contributed by atoms with van der Waals surface area (Å²) in [6, 6.07) is 24.7. The van der Waals surface area contributed by atoms with Crippen LogP contribution in [0.5, 0.6) is 0 Å². The van der Waals surface area contributed by atoms with Crippen molar-refractivity contribution in [2.75, 3.05) is 79.5 Å². The Morgan fingerprint density at radius 2 is 0.636 bits per heavy atom. The Morgan fingerprint density at radius 1 is 0.364 bits per heavy atom. The van der Waals surface area contributed by atoms with Crippen LogP contribution in [0.15, 0.2) is 97.6 Å². The van der Waals surface area contributed by atoms with Crippen molar-refractivity contribution in [3.63, 3.8) is 0 Å². The molecule has 8 heteroatoms. The van der Waals surface area contributed by atoms with E-state index in [1.165, 1.54) is 0 Å². The molecule has 0 amide bonds. The maximum Gasteiger partial charge on any atom is 0.0416 e. The van der Waals surface area contributed by atoms with Crippen LogP contribution < -0.4 is 0 Å². The third-order valence-corrected chi connectivity index (χ3v) is 8.10. The molecule has 4 rings (SSSR count). The smallest absolute Gasteiger partial charge is 0.0416 e. The summed E-state index contributed by atoms with van der Waals surface area (Å²) >= 11 is 0. The molecule has 0 bridgehead atoms. The third-order valence-electron chi connectivity index (χ3n) is 8.10. The van der Waals surface area contributed by atoms with Crippen LogP contribution in [0.25, 0.3) is 0 Å². The van der Waals surface area contributed by atoms with Crippen molar-refractivity contribution in [3.8, 4) is 0 Å². The van der Waals surface area contributed by atoms with Gasteiger partial charge in [-0.2, -0.15) is 0 Å².